The molecule has 2 aromatic rings. The summed E-state index contributed by atoms with van der Waals surface area (Å²) in [5.74, 6) is 3.51. The van der Waals surface area contributed by atoms with Gasteiger partial charge in [0.2, 0.25) is 13.6 Å². The maximum atomic E-state index is 5.87. The van der Waals surface area contributed by atoms with Gasteiger partial charge in [0.05, 0.1) is 6.04 Å². The molecule has 5 nitrogen and oxygen atoms in total. The molecule has 138 valence electrons. The first kappa shape index (κ1) is 15.3. The summed E-state index contributed by atoms with van der Waals surface area (Å²) < 4.78 is 22.7. The first-order valence-corrected chi connectivity index (χ1v) is 9.67. The van der Waals surface area contributed by atoms with Crippen LogP contribution in [0.25, 0.3) is 11.8 Å². The normalized spacial score (nSPS) is 20.7. The highest BCUT2D eigenvalue weighted by Crippen LogP contribution is 2.51. The quantitative estimate of drug-likeness (QED) is 0.793. The summed E-state index contributed by atoms with van der Waals surface area (Å²) in [6, 6.07) is 8.80. The third-order valence-electron chi connectivity index (χ3n) is 5.98. The smallest absolute Gasteiger partial charge is 0.231 e. The van der Waals surface area contributed by atoms with Crippen molar-refractivity contribution in [1.82, 2.24) is 4.90 Å². The van der Waals surface area contributed by atoms with Crippen LogP contribution in [0, 0.1) is 0 Å². The Hall–Kier alpha value is -2.82. The van der Waals surface area contributed by atoms with Crippen molar-refractivity contribution in [2.75, 3.05) is 20.1 Å². The Morgan fingerprint density at radius 2 is 1.81 bits per heavy atom. The van der Waals surface area contributed by atoms with Gasteiger partial charge in [0.15, 0.2) is 23.0 Å². The van der Waals surface area contributed by atoms with Crippen LogP contribution < -0.4 is 18.9 Å². The van der Waals surface area contributed by atoms with Gasteiger partial charge in [-0.2, -0.15) is 0 Å². The van der Waals surface area contributed by atoms with Crippen LogP contribution >= 0.6 is 0 Å². The largest absolute Gasteiger partial charge is 0.454 e. The van der Waals surface area contributed by atoms with Gasteiger partial charge in [-0.3, -0.25) is 0 Å². The Bertz CT molecular complexity index is 981. The van der Waals surface area contributed by atoms with Gasteiger partial charge in [0, 0.05) is 23.4 Å². The van der Waals surface area contributed by atoms with Crippen molar-refractivity contribution in [3.05, 3.63) is 46.5 Å². The average Bonchev–Trinajstić information content (AvgIpc) is 3.34. The number of ether oxygens (including phenoxy) is 4. The molecule has 0 spiro atoms. The zero-order valence-corrected chi connectivity index (χ0v) is 15.3. The van der Waals surface area contributed by atoms with Gasteiger partial charge < -0.3 is 23.8 Å². The minimum atomic E-state index is 0.306. The molecule has 27 heavy (non-hydrogen) atoms. The number of hydrogen-bond acceptors (Lipinski definition) is 5. The predicted octanol–water partition coefficient (Wildman–Crippen LogP) is 4.36. The summed E-state index contributed by atoms with van der Waals surface area (Å²) in [5, 5.41) is 0. The van der Waals surface area contributed by atoms with E-state index in [9.17, 15) is 0 Å². The number of fused-ring (bicyclic) bond motifs is 7. The van der Waals surface area contributed by atoms with Gasteiger partial charge in [0.25, 0.3) is 0 Å². The molecule has 0 amide bonds. The number of benzene rings is 2. The molecule has 0 aromatic heterocycles. The minimum absolute atomic E-state index is 0.306. The molecule has 0 bridgehead atoms. The van der Waals surface area contributed by atoms with Crippen molar-refractivity contribution in [1.29, 1.82) is 0 Å². The molecule has 5 heteroatoms. The van der Waals surface area contributed by atoms with Crippen molar-refractivity contribution in [2.45, 2.75) is 32.2 Å². The fraction of sp³-hybridized carbons (Fsp3) is 0.364. The molecule has 0 saturated carbocycles. The lowest BCUT2D eigenvalue weighted by Crippen LogP contribution is -2.35. The molecule has 1 atom stereocenters. The Labute approximate surface area is 158 Å². The molecule has 0 N–H and O–H groups in total. The molecule has 2 aromatic carbocycles. The van der Waals surface area contributed by atoms with Gasteiger partial charge in [-0.25, -0.2) is 0 Å². The topological polar surface area (TPSA) is 40.2 Å². The van der Waals surface area contributed by atoms with Gasteiger partial charge in [-0.1, -0.05) is 19.4 Å². The molecular weight excluding hydrogens is 342 g/mol. The summed E-state index contributed by atoms with van der Waals surface area (Å²) in [7, 11) is 0. The van der Waals surface area contributed by atoms with Crippen LogP contribution in [0.4, 0.5) is 0 Å². The molecule has 4 heterocycles. The average molecular weight is 363 g/mol. The van der Waals surface area contributed by atoms with Crippen molar-refractivity contribution in [3.63, 3.8) is 0 Å². The van der Waals surface area contributed by atoms with Crippen molar-refractivity contribution < 1.29 is 18.9 Å². The van der Waals surface area contributed by atoms with E-state index in [4.69, 9.17) is 18.9 Å². The van der Waals surface area contributed by atoms with Crippen LogP contribution in [-0.2, 0) is 6.42 Å². The number of nitrogens with zero attached hydrogens (tertiary/aromatic N) is 1. The Morgan fingerprint density at radius 1 is 1.00 bits per heavy atom. The molecule has 0 fully saturated rings. The Kier molecular flexibility index (Phi) is 3.16. The zero-order chi connectivity index (χ0) is 18.0. The van der Waals surface area contributed by atoms with Crippen molar-refractivity contribution >= 4 is 11.8 Å². The van der Waals surface area contributed by atoms with E-state index in [1.165, 1.54) is 28.0 Å². The third kappa shape index (κ3) is 2.11. The first-order valence-electron chi connectivity index (χ1n) is 9.67. The molecule has 0 radical (unpaired) electrons. The van der Waals surface area contributed by atoms with Crippen molar-refractivity contribution in [2.24, 2.45) is 0 Å². The SMILES string of the molecule is CCC[C@@H]1c2c(ccc3c2OCO3)C=C2c3cc4c(cc3CCN21)OCO4. The summed E-state index contributed by atoms with van der Waals surface area (Å²) >= 11 is 0. The van der Waals surface area contributed by atoms with Crippen LogP contribution in [0.2, 0.25) is 0 Å². The van der Waals surface area contributed by atoms with Crippen LogP contribution in [0.15, 0.2) is 24.3 Å². The number of hydrogen-bond donors (Lipinski definition) is 0. The second kappa shape index (κ2) is 5.59. The van der Waals surface area contributed by atoms with Crippen LogP contribution in [0.1, 0.15) is 48.1 Å². The lowest BCUT2D eigenvalue weighted by Gasteiger charge is -2.43. The predicted molar refractivity (Wildman–Crippen MR) is 101 cm³/mol. The van der Waals surface area contributed by atoms with E-state index >= 15 is 0 Å². The summed E-state index contributed by atoms with van der Waals surface area (Å²) in [4.78, 5) is 2.54. The van der Waals surface area contributed by atoms with Gasteiger partial charge in [0.1, 0.15) is 0 Å². The van der Waals surface area contributed by atoms with E-state index in [1.54, 1.807) is 0 Å². The van der Waals surface area contributed by atoms with Crippen LogP contribution in [-0.4, -0.2) is 25.0 Å². The van der Waals surface area contributed by atoms with Crippen molar-refractivity contribution in [3.8, 4) is 23.0 Å². The zero-order valence-electron chi connectivity index (χ0n) is 15.3. The van der Waals surface area contributed by atoms with Gasteiger partial charge in [-0.15, -0.1) is 0 Å². The maximum absolute atomic E-state index is 5.87. The maximum Gasteiger partial charge on any atom is 0.231 e. The van der Waals surface area contributed by atoms with E-state index in [0.717, 1.165) is 48.8 Å². The van der Waals surface area contributed by atoms with E-state index < -0.39 is 0 Å². The highest BCUT2D eigenvalue weighted by atomic mass is 16.7. The summed E-state index contributed by atoms with van der Waals surface area (Å²) in [6.45, 7) is 3.86. The Balaban J connectivity index is 1.55. The van der Waals surface area contributed by atoms with E-state index in [1.807, 2.05) is 6.07 Å². The standard InChI is InChI=1S/C22H21NO4/c1-2-3-16-21-14(4-5-18-22(21)27-12-24-18)8-17-15-10-20-19(25-11-26-20)9-13(15)6-7-23(16)17/h4-5,8-10,16H,2-3,6-7,11-12H2,1H3/t16-/m1/s1. The fourth-order valence-corrected chi connectivity index (χ4v) is 4.79. The second-order valence-corrected chi connectivity index (χ2v) is 7.44. The molecule has 4 aliphatic heterocycles. The lowest BCUT2D eigenvalue weighted by molar-refractivity contribution is 0.170. The van der Waals surface area contributed by atoms with Gasteiger partial charge >= 0.3 is 0 Å². The number of rotatable bonds is 2. The molecular formula is C22H21NO4. The fourth-order valence-electron chi connectivity index (χ4n) is 4.79. The Morgan fingerprint density at radius 3 is 2.70 bits per heavy atom. The molecule has 0 saturated heterocycles. The van der Waals surface area contributed by atoms with E-state index in [2.05, 4.69) is 36.1 Å². The van der Waals surface area contributed by atoms with E-state index in [-0.39, 0.29) is 0 Å². The molecule has 6 rings (SSSR count). The molecule has 0 aliphatic carbocycles. The van der Waals surface area contributed by atoms with E-state index in [0.29, 0.717) is 19.6 Å². The molecule has 0 unspecified atom stereocenters. The van der Waals surface area contributed by atoms with Gasteiger partial charge in [-0.05, 0) is 48.2 Å². The summed E-state index contributed by atoms with van der Waals surface area (Å²) in [5.41, 5.74) is 6.38. The highest BCUT2D eigenvalue weighted by molar-refractivity contribution is 5.88. The first-order chi connectivity index (χ1) is 13.3. The summed E-state index contributed by atoms with van der Waals surface area (Å²) in [6.07, 6.45) is 5.51. The minimum Gasteiger partial charge on any atom is -0.454 e. The van der Waals surface area contributed by atoms with Crippen LogP contribution in [0.3, 0.4) is 0 Å². The highest BCUT2D eigenvalue weighted by Gasteiger charge is 2.37. The van der Waals surface area contributed by atoms with Crippen LogP contribution in [0.5, 0.6) is 23.0 Å². The monoisotopic (exact) mass is 363 g/mol. The lowest BCUT2D eigenvalue weighted by atomic mass is 9.84. The third-order valence-corrected chi connectivity index (χ3v) is 5.98. The molecule has 4 aliphatic rings. The second-order valence-electron chi connectivity index (χ2n) is 7.44.